The van der Waals surface area contributed by atoms with Gasteiger partial charge in [-0.2, -0.15) is 0 Å². The van der Waals surface area contributed by atoms with E-state index in [-0.39, 0.29) is 0 Å². The van der Waals surface area contributed by atoms with E-state index >= 15 is 0 Å². The number of hydrogen-bond acceptors (Lipinski definition) is 3. The Morgan fingerprint density at radius 2 is 1.12 bits per heavy atom. The van der Waals surface area contributed by atoms with Crippen LogP contribution in [0.15, 0.2) is 0 Å². The highest BCUT2D eigenvalue weighted by atomic mass is 28.5. The highest BCUT2D eigenvalue weighted by molar-refractivity contribution is 6.84. The van der Waals surface area contributed by atoms with E-state index in [1.165, 1.54) is 0 Å². The molecule has 0 aromatic carbocycles. The fourth-order valence-corrected chi connectivity index (χ4v) is 16.0. The molecule has 0 saturated heterocycles. The van der Waals surface area contributed by atoms with Crippen molar-refractivity contribution in [1.29, 1.82) is 0 Å². The van der Waals surface area contributed by atoms with E-state index in [0.717, 1.165) is 0 Å². The molecule has 0 spiro atoms. The quantitative estimate of drug-likeness (QED) is 0.704. The Hall–Kier alpha value is 0.748. The van der Waals surface area contributed by atoms with Crippen LogP contribution in [0.2, 0.25) is 58.9 Å². The first kappa shape index (κ1) is 16.7. The van der Waals surface area contributed by atoms with Gasteiger partial charge in [0.2, 0.25) is 0 Å². The summed E-state index contributed by atoms with van der Waals surface area (Å²) in [7, 11) is -6.47. The summed E-state index contributed by atoms with van der Waals surface area (Å²) < 4.78 is 18.2. The molecule has 16 heavy (non-hydrogen) atoms. The van der Waals surface area contributed by atoms with Gasteiger partial charge in [0.05, 0.1) is 0 Å². The average molecular weight is 297 g/mol. The van der Waals surface area contributed by atoms with E-state index in [2.05, 4.69) is 58.9 Å². The Morgan fingerprint density at radius 1 is 0.688 bits per heavy atom. The van der Waals surface area contributed by atoms with Crippen LogP contribution >= 0.6 is 0 Å². The van der Waals surface area contributed by atoms with Gasteiger partial charge < -0.3 is 12.3 Å². The lowest BCUT2D eigenvalue weighted by molar-refractivity contribution is 0.352. The topological polar surface area (TPSA) is 27.7 Å². The summed E-state index contributed by atoms with van der Waals surface area (Å²) in [6, 6.07) is 0. The van der Waals surface area contributed by atoms with E-state index in [1.54, 1.807) is 0 Å². The average Bonchev–Trinajstić information content (AvgIpc) is 1.70. The fraction of sp³-hybridized carbons (Fsp3) is 1.00. The van der Waals surface area contributed by atoms with Crippen molar-refractivity contribution in [2.45, 2.75) is 58.9 Å². The molecule has 0 radical (unpaired) electrons. The summed E-state index contributed by atoms with van der Waals surface area (Å²) in [6.45, 7) is 19.6. The first-order chi connectivity index (χ1) is 6.81. The maximum Gasteiger partial charge on any atom is 0.312 e. The van der Waals surface area contributed by atoms with Crippen molar-refractivity contribution in [1.82, 2.24) is 0 Å². The molecule has 7 heteroatoms. The maximum absolute atomic E-state index is 6.14. The smallest absolute Gasteiger partial charge is 0.312 e. The van der Waals surface area contributed by atoms with Crippen LogP contribution < -0.4 is 0 Å². The summed E-state index contributed by atoms with van der Waals surface area (Å²) in [6.07, 6.45) is 0. The van der Waals surface area contributed by atoms with E-state index in [9.17, 15) is 0 Å². The zero-order valence-corrected chi connectivity index (χ0v) is 16.5. The third kappa shape index (κ3) is 9.94. The Balaban J connectivity index is 4.26. The van der Waals surface area contributed by atoms with Crippen molar-refractivity contribution in [3.8, 4) is 0 Å². The standard InChI is InChI=1S/C9H28O3Si4/c1-13(10-14(2,3)4)11-16(8,9)12-15(5,6)7/h13H,1-9H3/t13-/m1/s1. The van der Waals surface area contributed by atoms with Crippen molar-refractivity contribution in [3.05, 3.63) is 0 Å². The van der Waals surface area contributed by atoms with Gasteiger partial charge in [0.25, 0.3) is 9.28 Å². The maximum atomic E-state index is 6.14. The summed E-state index contributed by atoms with van der Waals surface area (Å²) in [5.74, 6) is 0. The Morgan fingerprint density at radius 3 is 1.44 bits per heavy atom. The molecular formula is C9H28O3Si4. The predicted octanol–water partition coefficient (Wildman–Crippen LogP) is 3.26. The summed E-state index contributed by atoms with van der Waals surface area (Å²) in [4.78, 5) is 0. The second-order valence-corrected chi connectivity index (χ2v) is 21.6. The molecule has 0 bridgehead atoms. The monoisotopic (exact) mass is 296 g/mol. The molecule has 0 aliphatic heterocycles. The van der Waals surface area contributed by atoms with Crippen LogP contribution in [-0.4, -0.2) is 34.5 Å². The molecule has 0 aromatic heterocycles. The molecule has 1 atom stereocenters. The van der Waals surface area contributed by atoms with E-state index in [4.69, 9.17) is 12.3 Å². The van der Waals surface area contributed by atoms with Crippen molar-refractivity contribution in [2.24, 2.45) is 0 Å². The first-order valence-electron chi connectivity index (χ1n) is 5.87. The van der Waals surface area contributed by atoms with Gasteiger partial charge in [0.15, 0.2) is 16.6 Å². The summed E-state index contributed by atoms with van der Waals surface area (Å²) in [5.41, 5.74) is 0. The minimum atomic E-state index is -1.98. The number of hydrogen-bond donors (Lipinski definition) is 0. The predicted molar refractivity (Wildman–Crippen MR) is 80.4 cm³/mol. The van der Waals surface area contributed by atoms with Gasteiger partial charge in [-0.1, -0.05) is 0 Å². The summed E-state index contributed by atoms with van der Waals surface area (Å²) in [5, 5.41) is 0. The van der Waals surface area contributed by atoms with Crippen LogP contribution in [0.3, 0.4) is 0 Å². The third-order valence-electron chi connectivity index (χ3n) is 1.52. The fourth-order valence-electron chi connectivity index (χ4n) is 1.68. The molecule has 0 rings (SSSR count). The van der Waals surface area contributed by atoms with Crippen molar-refractivity contribution in [3.63, 3.8) is 0 Å². The Labute approximate surface area is 106 Å². The van der Waals surface area contributed by atoms with E-state index < -0.39 is 34.5 Å². The molecule has 0 aliphatic carbocycles. The minimum Gasteiger partial charge on any atom is -0.439 e. The molecule has 0 aromatic rings. The molecule has 0 saturated carbocycles. The molecule has 0 heterocycles. The van der Waals surface area contributed by atoms with Crippen LogP contribution in [0.25, 0.3) is 0 Å². The SMILES string of the molecule is C[Si@H](O[Si](C)(C)C)O[Si](C)(C)O[Si](C)(C)C. The summed E-state index contributed by atoms with van der Waals surface area (Å²) >= 11 is 0. The lowest BCUT2D eigenvalue weighted by atomic mass is 11.8. The lowest BCUT2D eigenvalue weighted by Gasteiger charge is -2.34. The van der Waals surface area contributed by atoms with Gasteiger partial charge in [-0.25, -0.2) is 0 Å². The van der Waals surface area contributed by atoms with Crippen molar-refractivity contribution in [2.75, 3.05) is 0 Å². The van der Waals surface area contributed by atoms with Gasteiger partial charge in [0, 0.05) is 0 Å². The normalized spacial score (nSPS) is 16.3. The van der Waals surface area contributed by atoms with Gasteiger partial charge in [0.1, 0.15) is 0 Å². The van der Waals surface area contributed by atoms with Gasteiger partial charge >= 0.3 is 8.56 Å². The van der Waals surface area contributed by atoms with E-state index in [1.807, 2.05) is 0 Å². The van der Waals surface area contributed by atoms with Crippen LogP contribution in [0.4, 0.5) is 0 Å². The second-order valence-electron chi connectivity index (χ2n) is 6.53. The van der Waals surface area contributed by atoms with Gasteiger partial charge in [-0.05, 0) is 58.9 Å². The molecule has 0 amide bonds. The van der Waals surface area contributed by atoms with Gasteiger partial charge in [-0.3, -0.25) is 0 Å². The molecule has 0 N–H and O–H groups in total. The van der Waals surface area contributed by atoms with E-state index in [0.29, 0.717) is 0 Å². The third-order valence-corrected chi connectivity index (χ3v) is 13.7. The highest BCUT2D eigenvalue weighted by Gasteiger charge is 2.34. The van der Waals surface area contributed by atoms with Crippen LogP contribution in [0.1, 0.15) is 0 Å². The van der Waals surface area contributed by atoms with Crippen LogP contribution in [0, 0.1) is 0 Å². The minimum absolute atomic E-state index is 1.46. The second kappa shape index (κ2) is 5.59. The highest BCUT2D eigenvalue weighted by Crippen LogP contribution is 2.17. The van der Waals surface area contributed by atoms with Crippen LogP contribution in [0.5, 0.6) is 0 Å². The molecule has 0 aliphatic rings. The lowest BCUT2D eigenvalue weighted by Crippen LogP contribution is -2.49. The zero-order chi connectivity index (χ0) is 13.2. The zero-order valence-electron chi connectivity index (χ0n) is 12.3. The van der Waals surface area contributed by atoms with Crippen molar-refractivity contribution < 1.29 is 12.3 Å². The molecule has 0 unspecified atom stereocenters. The largest absolute Gasteiger partial charge is 0.439 e. The van der Waals surface area contributed by atoms with Gasteiger partial charge in [-0.15, -0.1) is 0 Å². The van der Waals surface area contributed by atoms with Crippen LogP contribution in [-0.2, 0) is 12.3 Å². The molecule has 98 valence electrons. The number of rotatable bonds is 6. The Kier molecular flexibility index (Phi) is 5.85. The molecule has 0 fully saturated rings. The first-order valence-corrected chi connectivity index (χ1v) is 17.6. The molecule has 3 nitrogen and oxygen atoms in total. The Bertz CT molecular complexity index is 220. The van der Waals surface area contributed by atoms with Crippen molar-refractivity contribution >= 4 is 34.5 Å². The molecular weight excluding hydrogens is 268 g/mol.